The molecule has 2 heterocycles. The molecule has 0 amide bonds. The lowest BCUT2D eigenvalue weighted by Gasteiger charge is -2.64. The van der Waals surface area contributed by atoms with Crippen LogP contribution in [-0.2, 0) is 40.7 Å². The van der Waals surface area contributed by atoms with E-state index in [0.717, 1.165) is 36.4 Å². The van der Waals surface area contributed by atoms with E-state index in [1.807, 2.05) is 0 Å². The Morgan fingerprint density at radius 3 is 2.07 bits per heavy atom. The molecule has 14 unspecified atom stereocenters. The third-order valence-corrected chi connectivity index (χ3v) is 23.7. The van der Waals surface area contributed by atoms with Crippen LogP contribution in [-0.4, -0.2) is 136 Å². The van der Waals surface area contributed by atoms with E-state index < -0.39 is 145 Å². The molecule has 21 nitrogen and oxygen atoms in total. The van der Waals surface area contributed by atoms with Gasteiger partial charge in [0.2, 0.25) is 0 Å². The molecule has 5 aromatic rings. The summed E-state index contributed by atoms with van der Waals surface area (Å²) in [4.78, 5) is 71.4. The van der Waals surface area contributed by atoms with Gasteiger partial charge in [0.05, 0.1) is 16.7 Å². The van der Waals surface area contributed by atoms with Crippen molar-refractivity contribution in [3.63, 3.8) is 0 Å². The number of aliphatic hydroxyl groups is 9. The fraction of sp³-hybridized carbons (Fsp3) is 0.215. The highest BCUT2D eigenvalue weighted by Gasteiger charge is 2.84. The highest BCUT2D eigenvalue weighted by atomic mass is 16.6. The van der Waals surface area contributed by atoms with Gasteiger partial charge in [-0.1, -0.05) is 18.2 Å². The average Bonchev–Trinajstić information content (AvgIpc) is 0.997. The molecule has 21 heteroatoms. The molecule has 18 aliphatic rings. The minimum absolute atomic E-state index is 0.00498. The van der Waals surface area contributed by atoms with E-state index in [9.17, 15) is 80.1 Å². The van der Waals surface area contributed by atoms with Gasteiger partial charge in [0.15, 0.2) is 28.0 Å². The molecule has 1 spiro atoms. The summed E-state index contributed by atoms with van der Waals surface area (Å²) in [6.45, 7) is 0. The minimum Gasteiger partial charge on any atom is -0.511 e. The quantitative estimate of drug-likeness (QED) is 0.0880. The molecule has 23 rings (SSSR count). The molecule has 16 aliphatic carbocycles. The van der Waals surface area contributed by atoms with Gasteiger partial charge in [-0.2, -0.15) is 0 Å². The zero-order chi connectivity index (χ0) is 58.6. The standard InChI is InChI=1S/C65H30O21/c66-19-7-14-21-18(56(74)75)9-61-52(86-61)39-32-24-11(48(68)49(39)69)2-1-10-20-16(55(72)73)5-12-13(54(70)71)6-15-23-25(12)41(20)64(83)44-31(23)26-17(47(15)67)8-59(80)3-4-60(58(78)79)51-38-30-29(22(14)28(27(19)57(76)77)37(38)50-53(60)85-50)33-36(35(44)34(30)43(26)65(51,59)84)46(63(64,82)40(10)24)45(32)62(61,81)42(21)33/h1-9,22,27,47-48,50,52-53,66-69,80-84H,(H,70,71)(H,72,73)(H,74,75)(H,76,77)(H,78,79). The SMILES string of the molecule is O=C(O)C1=CC23OC2C2=C(O)C(O)c4ccc5c6c4C2=C2C4=c7c8c9c%10c%11c%12c%13c%14c(c7%11)C(O)(c7c-5c(C(=O)O)cc5c(C(=O)O)cc(c-%14c75)C(O)C%13=CC5(O)C=CC7(C(=O)O)C(=C%10C(=C%10C(C(=O)O)C(O)=CC(=C1C=8C23O)C%109)C1OC17)C%125O)C46O. The number of aromatic carboxylic acids is 2. The van der Waals surface area contributed by atoms with Gasteiger partial charge < -0.3 is 81.0 Å². The summed E-state index contributed by atoms with van der Waals surface area (Å²) in [5.41, 5.74) is -25.0. The van der Waals surface area contributed by atoms with Crippen molar-refractivity contribution in [2.75, 3.05) is 0 Å². The molecule has 14 atom stereocenters. The van der Waals surface area contributed by atoms with Crippen LogP contribution in [0.2, 0.25) is 0 Å². The fourth-order valence-electron chi connectivity index (χ4n) is 21.2. The zero-order valence-corrected chi connectivity index (χ0v) is 42.9. The maximum atomic E-state index is 15.6. The molecule has 2 aliphatic heterocycles. The van der Waals surface area contributed by atoms with E-state index in [1.54, 1.807) is 0 Å². The molecule has 5 aromatic carbocycles. The lowest BCUT2D eigenvalue weighted by atomic mass is 9.40. The Morgan fingerprint density at radius 2 is 1.35 bits per heavy atom. The largest absolute Gasteiger partial charge is 0.511 e. The van der Waals surface area contributed by atoms with Crippen molar-refractivity contribution < 1.29 is 105 Å². The van der Waals surface area contributed by atoms with Crippen LogP contribution in [0.3, 0.4) is 0 Å². The van der Waals surface area contributed by atoms with Crippen LogP contribution in [0, 0.1) is 11.3 Å². The van der Waals surface area contributed by atoms with Gasteiger partial charge in [-0.3, -0.25) is 9.59 Å². The number of fused-ring (bicyclic) bond motifs is 5. The summed E-state index contributed by atoms with van der Waals surface area (Å²) >= 11 is 0. The molecule has 416 valence electrons. The van der Waals surface area contributed by atoms with Crippen LogP contribution in [0.4, 0.5) is 0 Å². The fourth-order valence-corrected chi connectivity index (χ4v) is 21.2. The van der Waals surface area contributed by atoms with E-state index >= 15 is 15.3 Å². The summed E-state index contributed by atoms with van der Waals surface area (Å²) in [5, 5.41) is 183. The number of aliphatic hydroxyl groups excluding tert-OH is 4. The first-order valence-electron chi connectivity index (χ1n) is 27.7. The van der Waals surface area contributed by atoms with E-state index in [0.29, 0.717) is 0 Å². The molecule has 0 saturated carbocycles. The third kappa shape index (κ3) is 3.40. The number of hydrogen-bond donors (Lipinski definition) is 14. The second-order valence-electron chi connectivity index (χ2n) is 26.1. The van der Waals surface area contributed by atoms with Crippen molar-refractivity contribution in [1.29, 1.82) is 0 Å². The summed E-state index contributed by atoms with van der Waals surface area (Å²) < 4.78 is 13.2. The van der Waals surface area contributed by atoms with Gasteiger partial charge in [-0.25, -0.2) is 14.4 Å². The number of ether oxygens (including phenoxy) is 2. The Hall–Kier alpha value is -9.39. The summed E-state index contributed by atoms with van der Waals surface area (Å²) in [6.07, 6.45) is -2.49. The number of benzene rings is 5. The first-order valence-corrected chi connectivity index (χ1v) is 27.7. The lowest BCUT2D eigenvalue weighted by Crippen LogP contribution is -2.70. The Labute approximate surface area is 474 Å². The van der Waals surface area contributed by atoms with E-state index in [4.69, 9.17) is 9.47 Å². The van der Waals surface area contributed by atoms with Crippen molar-refractivity contribution in [3.8, 4) is 22.3 Å². The van der Waals surface area contributed by atoms with Crippen molar-refractivity contribution in [3.05, 3.63) is 188 Å². The Bertz CT molecular complexity index is 5540. The maximum Gasteiger partial charge on any atom is 0.336 e. The van der Waals surface area contributed by atoms with Gasteiger partial charge in [0, 0.05) is 67.2 Å². The number of allylic oxidation sites excluding steroid dienone is 2. The topological polar surface area (TPSA) is 394 Å². The van der Waals surface area contributed by atoms with Crippen molar-refractivity contribution in [1.82, 2.24) is 0 Å². The second-order valence-corrected chi connectivity index (χ2v) is 26.1. The van der Waals surface area contributed by atoms with Crippen LogP contribution < -0.4 is 10.4 Å². The summed E-state index contributed by atoms with van der Waals surface area (Å²) in [6, 6.07) is 5.06. The Balaban J connectivity index is 1.12. The van der Waals surface area contributed by atoms with Gasteiger partial charge in [-0.05, 0) is 152 Å². The molecule has 86 heavy (non-hydrogen) atoms. The maximum absolute atomic E-state index is 15.6. The summed E-state index contributed by atoms with van der Waals surface area (Å²) in [5.74, 6) is -13.0. The molecule has 0 bridgehead atoms. The van der Waals surface area contributed by atoms with Crippen molar-refractivity contribution in [2.45, 2.75) is 70.0 Å². The molecule has 0 radical (unpaired) electrons. The normalized spacial score (nSPS) is 38.7. The number of carboxylic acids is 5. The zero-order valence-electron chi connectivity index (χ0n) is 42.9. The Morgan fingerprint density at radius 1 is 0.605 bits per heavy atom. The highest BCUT2D eigenvalue weighted by Crippen LogP contribution is 2.82. The first kappa shape index (κ1) is 45.0. The lowest BCUT2D eigenvalue weighted by molar-refractivity contribution is -0.151. The molecule has 14 N–H and O–H groups in total. The average molecular weight is 1150 g/mol. The van der Waals surface area contributed by atoms with Crippen LogP contribution in [0.1, 0.15) is 94.5 Å². The molecular formula is C65H30O21. The molecule has 2 saturated heterocycles. The van der Waals surface area contributed by atoms with E-state index in [1.165, 1.54) is 18.2 Å². The number of epoxide rings is 2. The van der Waals surface area contributed by atoms with Gasteiger partial charge in [0.25, 0.3) is 0 Å². The first-order chi connectivity index (χ1) is 40.9. The number of carboxylic acid groups (broad SMARTS) is 5. The van der Waals surface area contributed by atoms with Crippen molar-refractivity contribution in [2.24, 2.45) is 11.3 Å². The van der Waals surface area contributed by atoms with Gasteiger partial charge >= 0.3 is 29.8 Å². The van der Waals surface area contributed by atoms with E-state index in [-0.39, 0.29) is 171 Å². The molecule has 0 aromatic heterocycles. The predicted octanol–water partition coefficient (Wildman–Crippen LogP) is 1.75. The van der Waals surface area contributed by atoms with Crippen LogP contribution in [0.5, 0.6) is 0 Å². The number of rotatable bonds is 5. The van der Waals surface area contributed by atoms with Crippen LogP contribution in [0.15, 0.2) is 111 Å². The molecule has 2 fully saturated rings. The van der Waals surface area contributed by atoms with Crippen LogP contribution >= 0.6 is 0 Å². The van der Waals surface area contributed by atoms with Crippen molar-refractivity contribution >= 4 is 79.3 Å². The minimum atomic E-state index is -3.13. The monoisotopic (exact) mass is 1150 g/mol. The number of hydrogen-bond acceptors (Lipinski definition) is 16. The number of carbonyl (C=O) groups is 5. The second kappa shape index (κ2) is 11.6. The molecular weight excluding hydrogens is 1120 g/mol. The van der Waals surface area contributed by atoms with Gasteiger partial charge in [-0.15, -0.1) is 0 Å². The van der Waals surface area contributed by atoms with Gasteiger partial charge in [0.1, 0.15) is 59.0 Å². The summed E-state index contributed by atoms with van der Waals surface area (Å²) in [7, 11) is 0. The van der Waals surface area contributed by atoms with Crippen LogP contribution in [0.25, 0.3) is 71.7 Å². The third-order valence-electron chi connectivity index (χ3n) is 23.7. The van der Waals surface area contributed by atoms with E-state index in [2.05, 4.69) is 0 Å². The number of aliphatic carboxylic acids is 3. The Kier molecular flexibility index (Phi) is 6.07. The smallest absolute Gasteiger partial charge is 0.336 e. The highest BCUT2D eigenvalue weighted by molar-refractivity contribution is 6.29. The predicted molar refractivity (Wildman–Crippen MR) is 284 cm³/mol.